The zero-order valence-corrected chi connectivity index (χ0v) is 16.9. The summed E-state index contributed by atoms with van der Waals surface area (Å²) in [6, 6.07) is 11.4. The summed E-state index contributed by atoms with van der Waals surface area (Å²) in [5, 5.41) is 5.40. The van der Waals surface area contributed by atoms with Gasteiger partial charge < -0.3 is 20.1 Å². The van der Waals surface area contributed by atoms with E-state index in [-0.39, 0.29) is 25.0 Å². The summed E-state index contributed by atoms with van der Waals surface area (Å²) in [5.74, 6) is 0.850. The van der Waals surface area contributed by atoms with Gasteiger partial charge in [-0.3, -0.25) is 9.59 Å². The van der Waals surface area contributed by atoms with Gasteiger partial charge in [-0.05, 0) is 74.2 Å². The van der Waals surface area contributed by atoms with Crippen molar-refractivity contribution in [3.05, 3.63) is 58.7 Å². The average Bonchev–Trinajstić information content (AvgIpc) is 2.67. The first-order chi connectivity index (χ1) is 13.3. The fraction of sp³-hybridized carbons (Fsp3) is 0.364. The Bertz CT molecular complexity index is 764. The van der Waals surface area contributed by atoms with E-state index in [1.807, 2.05) is 64.1 Å². The van der Waals surface area contributed by atoms with Crippen LogP contribution in [0.4, 0.5) is 0 Å². The number of hydrogen-bond donors (Lipinski definition) is 2. The predicted molar refractivity (Wildman–Crippen MR) is 109 cm³/mol. The minimum absolute atomic E-state index is 0.0632. The Labute approximate surface area is 166 Å². The van der Waals surface area contributed by atoms with Crippen molar-refractivity contribution in [2.24, 2.45) is 0 Å². The van der Waals surface area contributed by atoms with Crippen LogP contribution in [0.15, 0.2) is 36.4 Å². The molecule has 2 rings (SSSR count). The van der Waals surface area contributed by atoms with Crippen LogP contribution in [0.25, 0.3) is 0 Å². The Morgan fingerprint density at radius 1 is 0.679 bits per heavy atom. The normalized spacial score (nSPS) is 10.3. The van der Waals surface area contributed by atoms with E-state index in [4.69, 9.17) is 9.47 Å². The predicted octanol–water partition coefficient (Wildman–Crippen LogP) is 2.61. The van der Waals surface area contributed by atoms with Crippen LogP contribution in [0.1, 0.15) is 22.3 Å². The quantitative estimate of drug-likeness (QED) is 0.652. The molecule has 2 N–H and O–H groups in total. The number of ether oxygens (including phenoxy) is 2. The van der Waals surface area contributed by atoms with Gasteiger partial charge in [0, 0.05) is 13.1 Å². The number of carbonyl (C=O) groups is 2. The number of benzene rings is 2. The van der Waals surface area contributed by atoms with Crippen molar-refractivity contribution >= 4 is 11.8 Å². The van der Waals surface area contributed by atoms with Crippen LogP contribution in [-0.2, 0) is 9.59 Å². The van der Waals surface area contributed by atoms with Crippen LogP contribution in [0.5, 0.6) is 11.5 Å². The maximum atomic E-state index is 11.8. The number of amides is 2. The Kier molecular flexibility index (Phi) is 7.87. The van der Waals surface area contributed by atoms with Crippen LogP contribution < -0.4 is 20.1 Å². The van der Waals surface area contributed by atoms with E-state index < -0.39 is 0 Å². The molecule has 0 saturated heterocycles. The van der Waals surface area contributed by atoms with Crippen LogP contribution in [-0.4, -0.2) is 38.1 Å². The molecule has 150 valence electrons. The summed E-state index contributed by atoms with van der Waals surface area (Å²) >= 11 is 0. The van der Waals surface area contributed by atoms with E-state index in [0.717, 1.165) is 11.1 Å². The lowest BCUT2D eigenvalue weighted by Crippen LogP contribution is -2.38. The van der Waals surface area contributed by atoms with Gasteiger partial charge in [-0.1, -0.05) is 12.1 Å². The Hall–Kier alpha value is -3.02. The van der Waals surface area contributed by atoms with Crippen molar-refractivity contribution in [2.75, 3.05) is 26.3 Å². The monoisotopic (exact) mass is 384 g/mol. The number of nitrogens with one attached hydrogen (secondary N) is 2. The lowest BCUT2D eigenvalue weighted by Gasteiger charge is -2.10. The van der Waals surface area contributed by atoms with Gasteiger partial charge in [0.15, 0.2) is 13.2 Å². The third kappa shape index (κ3) is 6.95. The van der Waals surface area contributed by atoms with Gasteiger partial charge in [0.05, 0.1) is 0 Å². The smallest absolute Gasteiger partial charge is 0.258 e. The van der Waals surface area contributed by atoms with Gasteiger partial charge in [-0.15, -0.1) is 0 Å². The molecule has 0 aliphatic heterocycles. The molecule has 0 bridgehead atoms. The molecule has 0 radical (unpaired) electrons. The number of aryl methyl sites for hydroxylation is 4. The summed E-state index contributed by atoms with van der Waals surface area (Å²) in [5.41, 5.74) is 4.58. The van der Waals surface area contributed by atoms with Gasteiger partial charge in [0.1, 0.15) is 11.5 Å². The minimum atomic E-state index is -0.237. The number of carbonyl (C=O) groups excluding carboxylic acids is 2. The summed E-state index contributed by atoms with van der Waals surface area (Å²) in [7, 11) is 0. The Morgan fingerprint density at radius 2 is 1.07 bits per heavy atom. The van der Waals surface area contributed by atoms with Crippen LogP contribution in [0, 0.1) is 27.7 Å². The second-order valence-corrected chi connectivity index (χ2v) is 6.77. The first-order valence-corrected chi connectivity index (χ1v) is 9.28. The highest BCUT2D eigenvalue weighted by atomic mass is 16.5. The molecule has 0 saturated carbocycles. The first kappa shape index (κ1) is 21.3. The standard InChI is InChI=1S/C22H28N2O4/c1-15-5-7-19(11-17(15)3)27-13-21(25)23-9-10-24-22(26)14-28-20-8-6-16(2)18(4)12-20/h5-8,11-12H,9-10,13-14H2,1-4H3,(H,23,25)(H,24,26). The Balaban J connectivity index is 1.59. The molecule has 0 aromatic heterocycles. The second-order valence-electron chi connectivity index (χ2n) is 6.77. The van der Waals surface area contributed by atoms with Crippen molar-refractivity contribution in [2.45, 2.75) is 27.7 Å². The Morgan fingerprint density at radius 3 is 1.43 bits per heavy atom. The van der Waals surface area contributed by atoms with Gasteiger partial charge in [-0.2, -0.15) is 0 Å². The van der Waals surface area contributed by atoms with E-state index in [1.54, 1.807) is 0 Å². The lowest BCUT2D eigenvalue weighted by molar-refractivity contribution is -0.124. The van der Waals surface area contributed by atoms with Crippen LogP contribution in [0.3, 0.4) is 0 Å². The van der Waals surface area contributed by atoms with E-state index in [1.165, 1.54) is 11.1 Å². The summed E-state index contributed by atoms with van der Waals surface area (Å²) in [6.07, 6.45) is 0. The van der Waals surface area contributed by atoms with Gasteiger partial charge in [0.2, 0.25) is 0 Å². The number of rotatable bonds is 9. The average molecular weight is 384 g/mol. The fourth-order valence-electron chi connectivity index (χ4n) is 2.41. The SMILES string of the molecule is Cc1ccc(OCC(=O)NCCNC(=O)COc2ccc(C)c(C)c2)cc1C. The van der Waals surface area contributed by atoms with Crippen molar-refractivity contribution < 1.29 is 19.1 Å². The van der Waals surface area contributed by atoms with Crippen molar-refractivity contribution in [1.29, 1.82) is 0 Å². The van der Waals surface area contributed by atoms with Crippen LogP contribution in [0.2, 0.25) is 0 Å². The molecule has 6 heteroatoms. The summed E-state index contributed by atoms with van der Waals surface area (Å²) in [6.45, 7) is 8.55. The third-order valence-electron chi connectivity index (χ3n) is 4.47. The molecule has 2 amide bonds. The topological polar surface area (TPSA) is 76.7 Å². The fourth-order valence-corrected chi connectivity index (χ4v) is 2.41. The molecule has 6 nitrogen and oxygen atoms in total. The molecule has 0 aliphatic rings. The van der Waals surface area contributed by atoms with Crippen molar-refractivity contribution in [3.63, 3.8) is 0 Å². The van der Waals surface area contributed by atoms with Gasteiger partial charge >= 0.3 is 0 Å². The van der Waals surface area contributed by atoms with E-state index in [0.29, 0.717) is 24.6 Å². The molecule has 0 heterocycles. The lowest BCUT2D eigenvalue weighted by atomic mass is 10.1. The first-order valence-electron chi connectivity index (χ1n) is 9.28. The van der Waals surface area contributed by atoms with Crippen molar-refractivity contribution in [1.82, 2.24) is 10.6 Å². The maximum absolute atomic E-state index is 11.8. The van der Waals surface area contributed by atoms with E-state index in [2.05, 4.69) is 10.6 Å². The third-order valence-corrected chi connectivity index (χ3v) is 4.47. The van der Waals surface area contributed by atoms with E-state index >= 15 is 0 Å². The van der Waals surface area contributed by atoms with Gasteiger partial charge in [0.25, 0.3) is 11.8 Å². The summed E-state index contributed by atoms with van der Waals surface area (Å²) < 4.78 is 10.9. The maximum Gasteiger partial charge on any atom is 0.258 e. The van der Waals surface area contributed by atoms with Crippen molar-refractivity contribution in [3.8, 4) is 11.5 Å². The highest BCUT2D eigenvalue weighted by molar-refractivity contribution is 5.78. The van der Waals surface area contributed by atoms with Gasteiger partial charge in [-0.25, -0.2) is 0 Å². The van der Waals surface area contributed by atoms with Crippen LogP contribution >= 0.6 is 0 Å². The molecule has 0 spiro atoms. The molecule has 0 fully saturated rings. The second kappa shape index (κ2) is 10.3. The van der Waals surface area contributed by atoms with E-state index in [9.17, 15) is 9.59 Å². The highest BCUT2D eigenvalue weighted by Gasteiger charge is 2.06. The molecule has 2 aromatic carbocycles. The highest BCUT2D eigenvalue weighted by Crippen LogP contribution is 2.17. The zero-order valence-electron chi connectivity index (χ0n) is 16.9. The zero-order chi connectivity index (χ0) is 20.5. The molecule has 2 aromatic rings. The minimum Gasteiger partial charge on any atom is -0.484 e. The molecular weight excluding hydrogens is 356 g/mol. The molecule has 0 unspecified atom stereocenters. The number of hydrogen-bond acceptors (Lipinski definition) is 4. The molecule has 28 heavy (non-hydrogen) atoms. The molecule has 0 atom stereocenters. The largest absolute Gasteiger partial charge is 0.484 e. The molecular formula is C22H28N2O4. The summed E-state index contributed by atoms with van der Waals surface area (Å²) in [4.78, 5) is 23.6. The molecule has 0 aliphatic carbocycles.